The fourth-order valence-electron chi connectivity index (χ4n) is 2.62. The topological polar surface area (TPSA) is 73.6 Å². The summed E-state index contributed by atoms with van der Waals surface area (Å²) in [5.74, 6) is -0.405. The van der Waals surface area contributed by atoms with Gasteiger partial charge in [0.1, 0.15) is 12.6 Å². The molecule has 5 heteroatoms. The number of hydrogen-bond donors (Lipinski definition) is 1. The molecule has 2 rings (SSSR count). The lowest BCUT2D eigenvalue weighted by molar-refractivity contribution is -0.150. The van der Waals surface area contributed by atoms with Crippen LogP contribution in [0.3, 0.4) is 0 Å². The van der Waals surface area contributed by atoms with Crippen molar-refractivity contribution in [2.45, 2.75) is 18.0 Å². The summed E-state index contributed by atoms with van der Waals surface area (Å²) < 4.78 is 4.80. The number of hydrogen-bond acceptors (Lipinski definition) is 4. The summed E-state index contributed by atoms with van der Waals surface area (Å²) in [4.78, 5) is 13.3. The normalized spacial score (nSPS) is 25.5. The fourth-order valence-corrected chi connectivity index (χ4v) is 2.62. The van der Waals surface area contributed by atoms with Crippen molar-refractivity contribution in [2.24, 2.45) is 0 Å². The van der Waals surface area contributed by atoms with Crippen molar-refractivity contribution in [1.29, 1.82) is 5.26 Å². The summed E-state index contributed by atoms with van der Waals surface area (Å²) in [6, 6.07) is 10.7. The number of aliphatic hydroxyl groups excluding tert-OH is 1. The van der Waals surface area contributed by atoms with Gasteiger partial charge in [0.2, 0.25) is 5.91 Å². The average molecular weight is 260 g/mol. The second-order valence-electron chi connectivity index (χ2n) is 4.49. The molecule has 0 saturated carbocycles. The van der Waals surface area contributed by atoms with Crippen LogP contribution in [0.5, 0.6) is 0 Å². The van der Waals surface area contributed by atoms with Gasteiger partial charge < -0.3 is 14.7 Å². The SMILES string of the molecule is COCC(=O)N1[C@H](C#N)[C@H](c2ccccc2)[C@@H]1CO. The number of amides is 1. The van der Waals surface area contributed by atoms with Gasteiger partial charge in [0, 0.05) is 13.0 Å². The van der Waals surface area contributed by atoms with Crippen LogP contribution in [0.15, 0.2) is 30.3 Å². The van der Waals surface area contributed by atoms with Gasteiger partial charge in [-0.05, 0) is 5.56 Å². The summed E-state index contributed by atoms with van der Waals surface area (Å²) >= 11 is 0. The van der Waals surface area contributed by atoms with Crippen LogP contribution < -0.4 is 0 Å². The van der Waals surface area contributed by atoms with Crippen LogP contribution in [0.2, 0.25) is 0 Å². The minimum atomic E-state index is -0.540. The summed E-state index contributed by atoms with van der Waals surface area (Å²) in [7, 11) is 1.43. The molecule has 0 aliphatic carbocycles. The molecule has 0 unspecified atom stereocenters. The van der Waals surface area contributed by atoms with Crippen LogP contribution in [-0.2, 0) is 9.53 Å². The maximum Gasteiger partial charge on any atom is 0.249 e. The van der Waals surface area contributed by atoms with Gasteiger partial charge in [0.15, 0.2) is 0 Å². The van der Waals surface area contributed by atoms with Gasteiger partial charge >= 0.3 is 0 Å². The maximum atomic E-state index is 11.9. The van der Waals surface area contributed by atoms with Crippen LogP contribution in [-0.4, -0.2) is 48.3 Å². The Kier molecular flexibility index (Phi) is 4.15. The molecule has 100 valence electrons. The summed E-state index contributed by atoms with van der Waals surface area (Å²) in [5, 5.41) is 18.7. The van der Waals surface area contributed by atoms with Gasteiger partial charge in [0.05, 0.1) is 18.7 Å². The summed E-state index contributed by atoms with van der Waals surface area (Å²) in [6.07, 6.45) is 0. The molecule has 1 N–H and O–H groups in total. The van der Waals surface area contributed by atoms with E-state index in [2.05, 4.69) is 6.07 Å². The van der Waals surface area contributed by atoms with E-state index < -0.39 is 6.04 Å². The Hall–Kier alpha value is -1.90. The van der Waals surface area contributed by atoms with E-state index >= 15 is 0 Å². The van der Waals surface area contributed by atoms with E-state index in [1.54, 1.807) is 0 Å². The average Bonchev–Trinajstić information content (AvgIpc) is 2.40. The minimum absolute atomic E-state index is 0.0732. The minimum Gasteiger partial charge on any atom is -0.394 e. The molecule has 1 aromatic rings. The molecular weight excluding hydrogens is 244 g/mol. The molecule has 0 aromatic heterocycles. The van der Waals surface area contributed by atoms with Crippen molar-refractivity contribution in [1.82, 2.24) is 4.90 Å². The highest BCUT2D eigenvalue weighted by atomic mass is 16.5. The molecule has 3 atom stereocenters. The Bertz CT molecular complexity index is 483. The van der Waals surface area contributed by atoms with E-state index in [0.717, 1.165) is 5.56 Å². The number of methoxy groups -OCH3 is 1. The molecular formula is C14H16N2O3. The molecule has 1 fully saturated rings. The third kappa shape index (κ3) is 2.33. The highest BCUT2D eigenvalue weighted by molar-refractivity contribution is 5.80. The number of nitriles is 1. The van der Waals surface area contributed by atoms with Crippen LogP contribution in [0.4, 0.5) is 0 Å². The Morgan fingerprint density at radius 1 is 1.47 bits per heavy atom. The van der Waals surface area contributed by atoms with Gasteiger partial charge in [-0.2, -0.15) is 5.26 Å². The molecule has 1 heterocycles. The van der Waals surface area contributed by atoms with E-state index in [1.807, 2.05) is 30.3 Å². The molecule has 0 spiro atoms. The van der Waals surface area contributed by atoms with Crippen LogP contribution in [0, 0.1) is 11.3 Å². The third-order valence-corrected chi connectivity index (χ3v) is 3.47. The maximum absolute atomic E-state index is 11.9. The van der Waals surface area contributed by atoms with Crippen LogP contribution in [0.1, 0.15) is 11.5 Å². The van der Waals surface area contributed by atoms with Crippen molar-refractivity contribution in [3.8, 4) is 6.07 Å². The van der Waals surface area contributed by atoms with Gasteiger partial charge in [-0.15, -0.1) is 0 Å². The zero-order chi connectivity index (χ0) is 13.8. The van der Waals surface area contributed by atoms with Crippen molar-refractivity contribution < 1.29 is 14.6 Å². The van der Waals surface area contributed by atoms with Crippen molar-refractivity contribution in [2.75, 3.05) is 20.3 Å². The molecule has 1 aromatic carbocycles. The number of ether oxygens (including phenoxy) is 1. The highest BCUT2D eigenvalue weighted by Crippen LogP contribution is 2.40. The predicted molar refractivity (Wildman–Crippen MR) is 68.2 cm³/mol. The molecule has 19 heavy (non-hydrogen) atoms. The number of rotatable bonds is 4. The lowest BCUT2D eigenvalue weighted by Gasteiger charge is -2.51. The standard InChI is InChI=1S/C14H16N2O3/c1-19-9-13(18)16-11(7-15)14(12(16)8-17)10-5-3-2-4-6-10/h2-6,11-12,14,17H,8-9H2,1H3/t11-,12+,14+/m1/s1. The second-order valence-corrected chi connectivity index (χ2v) is 4.49. The van der Waals surface area contributed by atoms with E-state index in [4.69, 9.17) is 4.74 Å². The first-order chi connectivity index (χ1) is 9.24. The number of carbonyl (C=O) groups excluding carboxylic acids is 1. The van der Waals surface area contributed by atoms with Crippen molar-refractivity contribution in [3.63, 3.8) is 0 Å². The zero-order valence-electron chi connectivity index (χ0n) is 10.7. The molecule has 0 bridgehead atoms. The predicted octanol–water partition coefficient (Wildman–Crippen LogP) is 0.512. The molecule has 1 amide bonds. The fraction of sp³-hybridized carbons (Fsp3) is 0.429. The summed E-state index contributed by atoms with van der Waals surface area (Å²) in [6.45, 7) is -0.233. The second kappa shape index (κ2) is 5.83. The van der Waals surface area contributed by atoms with Crippen LogP contribution >= 0.6 is 0 Å². The van der Waals surface area contributed by atoms with Gasteiger partial charge in [-0.1, -0.05) is 30.3 Å². The Balaban J connectivity index is 2.23. The first kappa shape index (κ1) is 13.5. The van der Waals surface area contributed by atoms with Crippen molar-refractivity contribution in [3.05, 3.63) is 35.9 Å². The molecule has 5 nitrogen and oxygen atoms in total. The first-order valence-corrected chi connectivity index (χ1v) is 6.10. The number of aliphatic hydroxyl groups is 1. The van der Waals surface area contributed by atoms with E-state index in [9.17, 15) is 15.2 Å². The largest absolute Gasteiger partial charge is 0.394 e. The summed E-state index contributed by atoms with van der Waals surface area (Å²) in [5.41, 5.74) is 0.967. The third-order valence-electron chi connectivity index (χ3n) is 3.47. The lowest BCUT2D eigenvalue weighted by Crippen LogP contribution is -2.65. The van der Waals surface area contributed by atoms with E-state index in [1.165, 1.54) is 12.0 Å². The number of likely N-dealkylation sites (tertiary alicyclic amines) is 1. The Labute approximate surface area is 112 Å². The van der Waals surface area contributed by atoms with Gasteiger partial charge in [-0.25, -0.2) is 0 Å². The number of benzene rings is 1. The Morgan fingerprint density at radius 2 is 2.16 bits per heavy atom. The van der Waals surface area contributed by atoms with Crippen LogP contribution in [0.25, 0.3) is 0 Å². The molecule has 1 aliphatic heterocycles. The van der Waals surface area contributed by atoms with Gasteiger partial charge in [-0.3, -0.25) is 4.79 Å². The first-order valence-electron chi connectivity index (χ1n) is 6.10. The number of carbonyl (C=O) groups is 1. The highest BCUT2D eigenvalue weighted by Gasteiger charge is 2.51. The van der Waals surface area contributed by atoms with Gasteiger partial charge in [0.25, 0.3) is 0 Å². The lowest BCUT2D eigenvalue weighted by atomic mass is 9.75. The molecule has 0 radical (unpaired) electrons. The zero-order valence-corrected chi connectivity index (χ0v) is 10.7. The number of nitrogens with zero attached hydrogens (tertiary/aromatic N) is 2. The van der Waals surface area contributed by atoms with E-state index in [0.29, 0.717) is 0 Å². The molecule has 1 aliphatic rings. The quantitative estimate of drug-likeness (QED) is 0.856. The smallest absolute Gasteiger partial charge is 0.249 e. The van der Waals surface area contributed by atoms with Crippen molar-refractivity contribution >= 4 is 5.91 Å². The van der Waals surface area contributed by atoms with E-state index in [-0.39, 0.29) is 31.1 Å². The molecule has 1 saturated heterocycles. The monoisotopic (exact) mass is 260 g/mol. The Morgan fingerprint density at radius 3 is 2.68 bits per heavy atom.